The Morgan fingerprint density at radius 2 is 1.69 bits per heavy atom. The molecule has 1 aromatic carbocycles. The van der Waals surface area contributed by atoms with E-state index in [-0.39, 0.29) is 10.7 Å². The van der Waals surface area contributed by atoms with Crippen molar-refractivity contribution in [2.24, 2.45) is 0 Å². The highest BCUT2D eigenvalue weighted by Gasteiger charge is 2.62. The van der Waals surface area contributed by atoms with Crippen molar-refractivity contribution in [3.63, 3.8) is 0 Å². The minimum absolute atomic E-state index is 0.0286. The Bertz CT molecular complexity index is 945. The van der Waals surface area contributed by atoms with Gasteiger partial charge in [0.1, 0.15) is 22.4 Å². The molecule has 1 heterocycles. The number of amides is 1. The van der Waals surface area contributed by atoms with Gasteiger partial charge in [0.25, 0.3) is 0 Å². The summed E-state index contributed by atoms with van der Waals surface area (Å²) >= 11 is 3.45. The first kappa shape index (κ1) is 26.6. The van der Waals surface area contributed by atoms with Crippen LogP contribution in [-0.2, 0) is 14.0 Å². The number of hydrogen-bond donors (Lipinski definition) is 1. The topological polar surface area (TPSA) is 82.1 Å². The Morgan fingerprint density at radius 1 is 1.09 bits per heavy atom. The predicted octanol–water partition coefficient (Wildman–Crippen LogP) is 6.12. The molecule has 0 bridgehead atoms. The number of hydrogen-bond acceptors (Lipinski definition) is 5. The summed E-state index contributed by atoms with van der Waals surface area (Å²) in [5.74, 6) is -0.183. The van der Waals surface area contributed by atoms with E-state index in [0.29, 0.717) is 34.7 Å². The first-order valence-corrected chi connectivity index (χ1v) is 14.3. The molecule has 1 aliphatic rings. The summed E-state index contributed by atoms with van der Waals surface area (Å²) in [4.78, 5) is 25.4. The Kier molecular flexibility index (Phi) is 7.41. The SMILES string of the molecule is COC(=O)C1=C(Br)c2ccc(OCCO[Si](C)(C)C(C)(C)C)cc2[N+]1(C(=O)O)C(C)(C)C. The average Bonchev–Trinajstić information content (AvgIpc) is 2.93. The molecule has 178 valence electrons. The van der Waals surface area contributed by atoms with Crippen molar-refractivity contribution >= 4 is 46.5 Å². The Hall–Kier alpha value is -1.68. The molecular formula is C23H35BrNO6Si+. The van der Waals surface area contributed by atoms with Crippen LogP contribution < -0.4 is 9.22 Å². The fraction of sp³-hybridized carbons (Fsp3) is 0.565. The molecule has 1 aromatic rings. The van der Waals surface area contributed by atoms with Gasteiger partial charge in [0.2, 0.25) is 5.70 Å². The van der Waals surface area contributed by atoms with Gasteiger partial charge in [-0.05, 0) is 67.0 Å². The number of carbonyl (C=O) groups excluding carboxylic acids is 1. The van der Waals surface area contributed by atoms with E-state index in [9.17, 15) is 14.7 Å². The lowest BCUT2D eigenvalue weighted by molar-refractivity contribution is -0.138. The summed E-state index contributed by atoms with van der Waals surface area (Å²) in [6.07, 6.45) is -1.17. The Morgan fingerprint density at radius 3 is 2.16 bits per heavy atom. The van der Waals surface area contributed by atoms with Crippen molar-refractivity contribution in [2.75, 3.05) is 20.3 Å². The van der Waals surface area contributed by atoms with Crippen LogP contribution in [0.3, 0.4) is 0 Å². The van der Waals surface area contributed by atoms with Gasteiger partial charge in [0, 0.05) is 6.07 Å². The van der Waals surface area contributed by atoms with E-state index < -0.39 is 30.4 Å². The van der Waals surface area contributed by atoms with Gasteiger partial charge in [-0.3, -0.25) is 0 Å². The monoisotopic (exact) mass is 528 g/mol. The number of halogens is 1. The van der Waals surface area contributed by atoms with E-state index in [0.717, 1.165) is 0 Å². The lowest BCUT2D eigenvalue weighted by Crippen LogP contribution is -2.64. The molecule has 0 spiro atoms. The number of nitrogens with zero attached hydrogens (tertiary/aromatic N) is 1. The first-order chi connectivity index (χ1) is 14.5. The van der Waals surface area contributed by atoms with Crippen LogP contribution in [-0.4, -0.2) is 51.3 Å². The van der Waals surface area contributed by atoms with Crippen LogP contribution in [0.1, 0.15) is 47.1 Å². The second kappa shape index (κ2) is 8.93. The van der Waals surface area contributed by atoms with Crippen LogP contribution in [0.5, 0.6) is 5.75 Å². The molecule has 1 atom stereocenters. The average molecular weight is 530 g/mol. The first-order valence-electron chi connectivity index (χ1n) is 10.6. The summed E-state index contributed by atoms with van der Waals surface area (Å²) in [5, 5.41) is 10.5. The van der Waals surface area contributed by atoms with Crippen LogP contribution in [0.25, 0.3) is 4.48 Å². The van der Waals surface area contributed by atoms with E-state index >= 15 is 0 Å². The van der Waals surface area contributed by atoms with E-state index in [2.05, 4.69) is 49.8 Å². The molecule has 1 unspecified atom stereocenters. The zero-order chi connectivity index (χ0) is 24.7. The fourth-order valence-corrected chi connectivity index (χ4v) is 5.43. The van der Waals surface area contributed by atoms with E-state index in [4.69, 9.17) is 13.9 Å². The Balaban J connectivity index is 2.41. The van der Waals surface area contributed by atoms with Gasteiger partial charge in [0.05, 0.1) is 19.3 Å². The minimum atomic E-state index is -1.88. The number of fused-ring (bicyclic) bond motifs is 1. The van der Waals surface area contributed by atoms with Gasteiger partial charge in [-0.2, -0.15) is 4.79 Å². The number of quaternary nitrogens is 1. The van der Waals surface area contributed by atoms with Crippen molar-refractivity contribution in [2.45, 2.75) is 65.2 Å². The number of ether oxygens (including phenoxy) is 2. The summed E-state index contributed by atoms with van der Waals surface area (Å²) in [6, 6.07) is 5.23. The molecule has 9 heteroatoms. The van der Waals surface area contributed by atoms with Gasteiger partial charge in [-0.1, -0.05) is 20.8 Å². The third kappa shape index (κ3) is 4.40. The van der Waals surface area contributed by atoms with E-state index in [1.165, 1.54) is 7.11 Å². The predicted molar refractivity (Wildman–Crippen MR) is 133 cm³/mol. The minimum Gasteiger partial charge on any atom is -0.491 e. The lowest BCUT2D eigenvalue weighted by Gasteiger charge is -2.40. The standard InChI is InChI=1S/C23H34BrNO6Si/c1-22(2,3)25(21(27)28)17-14-15(30-12-13-31-32(8,9)23(4,5)6)10-11-16(17)18(24)19(25)20(26)29-7/h10-11,14H,12-13H2,1-9H3/p+1. The molecule has 1 N–H and O–H groups in total. The molecule has 0 saturated carbocycles. The molecule has 2 rings (SSSR count). The molecule has 7 nitrogen and oxygen atoms in total. The van der Waals surface area contributed by atoms with Gasteiger partial charge in [-0.15, -0.1) is 4.48 Å². The zero-order valence-corrected chi connectivity index (χ0v) is 23.0. The van der Waals surface area contributed by atoms with Gasteiger partial charge in [-0.25, -0.2) is 4.79 Å². The fourth-order valence-electron chi connectivity index (χ4n) is 3.64. The van der Waals surface area contributed by atoms with Crippen LogP contribution in [0, 0.1) is 0 Å². The van der Waals surface area contributed by atoms with Crippen molar-refractivity contribution in [3.8, 4) is 5.75 Å². The maximum absolute atomic E-state index is 12.7. The number of rotatable bonds is 6. The zero-order valence-electron chi connectivity index (χ0n) is 20.5. The summed E-state index contributed by atoms with van der Waals surface area (Å²) in [7, 11) is -0.638. The van der Waals surface area contributed by atoms with E-state index in [1.54, 1.807) is 39.0 Å². The second-order valence-corrected chi connectivity index (χ2v) is 16.0. The van der Waals surface area contributed by atoms with Gasteiger partial charge in [0.15, 0.2) is 14.0 Å². The number of methoxy groups -OCH3 is 1. The molecule has 0 fully saturated rings. The van der Waals surface area contributed by atoms with Crippen molar-refractivity contribution in [1.29, 1.82) is 0 Å². The summed E-state index contributed by atoms with van der Waals surface area (Å²) in [6.45, 7) is 17.0. The maximum atomic E-state index is 12.7. The number of benzene rings is 1. The van der Waals surface area contributed by atoms with Gasteiger partial charge < -0.3 is 19.0 Å². The second-order valence-electron chi connectivity index (χ2n) is 10.4. The molecule has 1 aliphatic heterocycles. The molecule has 0 saturated heterocycles. The van der Waals surface area contributed by atoms with Crippen molar-refractivity contribution < 1.29 is 28.6 Å². The van der Waals surface area contributed by atoms with Crippen LogP contribution in [0.4, 0.5) is 10.5 Å². The normalized spacial score (nSPS) is 19.1. The summed E-state index contributed by atoms with van der Waals surface area (Å²) < 4.78 is 16.7. The highest BCUT2D eigenvalue weighted by Crippen LogP contribution is 2.53. The highest BCUT2D eigenvalue weighted by atomic mass is 79.9. The maximum Gasteiger partial charge on any atom is 0.524 e. The van der Waals surface area contributed by atoms with E-state index in [1.807, 2.05) is 0 Å². The van der Waals surface area contributed by atoms with Crippen molar-refractivity contribution in [1.82, 2.24) is 4.48 Å². The molecule has 0 aromatic heterocycles. The molecule has 0 aliphatic carbocycles. The third-order valence-electron chi connectivity index (χ3n) is 6.40. The molecular weight excluding hydrogens is 494 g/mol. The lowest BCUT2D eigenvalue weighted by atomic mass is 9.99. The summed E-state index contributed by atoms with van der Waals surface area (Å²) in [5.41, 5.74) is 0.206. The van der Waals surface area contributed by atoms with Crippen LogP contribution in [0.2, 0.25) is 18.1 Å². The van der Waals surface area contributed by atoms with Gasteiger partial charge >= 0.3 is 12.1 Å². The quantitative estimate of drug-likeness (QED) is 0.207. The van der Waals surface area contributed by atoms with Crippen molar-refractivity contribution in [3.05, 3.63) is 29.5 Å². The smallest absolute Gasteiger partial charge is 0.491 e. The molecule has 1 amide bonds. The molecule has 32 heavy (non-hydrogen) atoms. The largest absolute Gasteiger partial charge is 0.524 e. The Labute approximate surface area is 200 Å². The third-order valence-corrected chi connectivity index (χ3v) is 11.7. The molecule has 0 radical (unpaired) electrons. The highest BCUT2D eigenvalue weighted by molar-refractivity contribution is 9.15. The van der Waals surface area contributed by atoms with Crippen LogP contribution in [0.15, 0.2) is 23.9 Å². The van der Waals surface area contributed by atoms with Crippen LogP contribution >= 0.6 is 15.9 Å². The number of carbonyl (C=O) groups is 2. The number of esters is 1. The number of carboxylic acid groups (broad SMARTS) is 1.